The zero-order chi connectivity index (χ0) is 10.3. The number of amides is 1. The van der Waals surface area contributed by atoms with E-state index in [1.807, 2.05) is 0 Å². The van der Waals surface area contributed by atoms with Crippen LogP contribution in [0.25, 0.3) is 0 Å². The van der Waals surface area contributed by atoms with Crippen LogP contribution in [0, 0.1) is 12.7 Å². The van der Waals surface area contributed by atoms with Crippen molar-refractivity contribution in [2.24, 2.45) is 0 Å². The van der Waals surface area contributed by atoms with Gasteiger partial charge in [-0.25, -0.2) is 4.39 Å². The zero-order valence-electron chi connectivity index (χ0n) is 7.88. The fourth-order valence-electron chi connectivity index (χ4n) is 1.57. The summed E-state index contributed by atoms with van der Waals surface area (Å²) in [5.41, 5.74) is 7.13. The van der Waals surface area contributed by atoms with E-state index in [1.165, 1.54) is 17.0 Å². The van der Waals surface area contributed by atoms with Crippen molar-refractivity contribution in [1.82, 2.24) is 0 Å². The summed E-state index contributed by atoms with van der Waals surface area (Å²) in [6.45, 7) is 2.30. The van der Waals surface area contributed by atoms with E-state index in [0.29, 0.717) is 29.9 Å². The second kappa shape index (κ2) is 2.97. The topological polar surface area (TPSA) is 46.3 Å². The van der Waals surface area contributed by atoms with Gasteiger partial charge in [0.25, 0.3) is 0 Å². The molecule has 1 aromatic rings. The summed E-state index contributed by atoms with van der Waals surface area (Å²) in [5, 5.41) is 0. The van der Waals surface area contributed by atoms with Gasteiger partial charge in [-0.2, -0.15) is 0 Å². The van der Waals surface area contributed by atoms with Gasteiger partial charge < -0.3 is 10.6 Å². The van der Waals surface area contributed by atoms with E-state index in [1.54, 1.807) is 6.92 Å². The lowest BCUT2D eigenvalue weighted by molar-refractivity contribution is -0.122. The molecule has 0 bridgehead atoms. The first-order valence-corrected chi connectivity index (χ1v) is 4.46. The maximum atomic E-state index is 13.4. The van der Waals surface area contributed by atoms with Crippen LogP contribution in [0.5, 0.6) is 0 Å². The van der Waals surface area contributed by atoms with E-state index in [9.17, 15) is 9.18 Å². The number of hydrogen-bond donors (Lipinski definition) is 1. The Bertz CT molecular complexity index is 403. The maximum absolute atomic E-state index is 13.4. The Hall–Kier alpha value is -1.58. The average Bonchev–Trinajstić information content (AvgIpc) is 2.16. The number of nitrogens with two attached hydrogens (primary N) is 1. The third-order valence-electron chi connectivity index (χ3n) is 2.54. The number of β-lactam (4-membered cyclic amide) rings is 1. The number of nitrogens with zero attached hydrogens (tertiary/aromatic N) is 1. The first-order chi connectivity index (χ1) is 6.61. The third-order valence-corrected chi connectivity index (χ3v) is 2.54. The van der Waals surface area contributed by atoms with Gasteiger partial charge in [0.2, 0.25) is 5.91 Å². The Kier molecular flexibility index (Phi) is 1.91. The number of nitrogen functional groups attached to an aromatic ring is 1. The fraction of sp³-hybridized carbons (Fsp3) is 0.300. The normalized spacial score (nSPS) is 15.6. The first kappa shape index (κ1) is 8.99. The van der Waals surface area contributed by atoms with Crippen molar-refractivity contribution in [3.05, 3.63) is 23.5 Å². The number of rotatable bonds is 1. The van der Waals surface area contributed by atoms with E-state index in [4.69, 9.17) is 5.73 Å². The number of carbonyl (C=O) groups excluding carboxylic acids is 1. The summed E-state index contributed by atoms with van der Waals surface area (Å²) in [6.07, 6.45) is 0.494. The summed E-state index contributed by atoms with van der Waals surface area (Å²) in [4.78, 5) is 12.6. The molecule has 4 heteroatoms. The van der Waals surface area contributed by atoms with Crippen molar-refractivity contribution in [3.8, 4) is 0 Å². The molecule has 1 saturated heterocycles. The van der Waals surface area contributed by atoms with Gasteiger partial charge in [0.05, 0.1) is 5.69 Å². The molecular formula is C10H11FN2O. The van der Waals surface area contributed by atoms with Crippen LogP contribution in [0.2, 0.25) is 0 Å². The zero-order valence-corrected chi connectivity index (χ0v) is 7.88. The van der Waals surface area contributed by atoms with Crippen LogP contribution >= 0.6 is 0 Å². The van der Waals surface area contributed by atoms with E-state index in [0.717, 1.165) is 0 Å². The van der Waals surface area contributed by atoms with Gasteiger partial charge in [0.1, 0.15) is 5.82 Å². The quantitative estimate of drug-likeness (QED) is 0.543. The third kappa shape index (κ3) is 1.14. The molecule has 2 N–H and O–H groups in total. The number of carbonyl (C=O) groups is 1. The molecule has 0 atom stereocenters. The Morgan fingerprint density at radius 1 is 1.50 bits per heavy atom. The summed E-state index contributed by atoms with van der Waals surface area (Å²) >= 11 is 0. The van der Waals surface area contributed by atoms with Crippen LogP contribution in [0.4, 0.5) is 15.8 Å². The minimum Gasteiger partial charge on any atom is -0.398 e. The van der Waals surface area contributed by atoms with Crippen molar-refractivity contribution in [1.29, 1.82) is 0 Å². The highest BCUT2D eigenvalue weighted by Gasteiger charge is 2.29. The number of benzene rings is 1. The highest BCUT2D eigenvalue weighted by molar-refractivity contribution is 6.00. The Morgan fingerprint density at radius 2 is 2.21 bits per heavy atom. The molecule has 1 aliphatic rings. The predicted octanol–water partition coefficient (Wildman–Crippen LogP) is 1.45. The number of hydrogen-bond acceptors (Lipinski definition) is 2. The van der Waals surface area contributed by atoms with Gasteiger partial charge in [-0.05, 0) is 24.6 Å². The predicted molar refractivity (Wildman–Crippen MR) is 52.5 cm³/mol. The van der Waals surface area contributed by atoms with Gasteiger partial charge >= 0.3 is 0 Å². The van der Waals surface area contributed by atoms with E-state index in [2.05, 4.69) is 0 Å². The van der Waals surface area contributed by atoms with Crippen molar-refractivity contribution in [2.75, 3.05) is 17.2 Å². The molecule has 1 aromatic carbocycles. The molecule has 0 aromatic heterocycles. The molecule has 0 radical (unpaired) electrons. The van der Waals surface area contributed by atoms with Gasteiger partial charge in [-0.1, -0.05) is 0 Å². The minimum atomic E-state index is -0.384. The van der Waals surface area contributed by atoms with Gasteiger partial charge in [-0.15, -0.1) is 0 Å². The molecule has 3 nitrogen and oxygen atoms in total. The number of halogens is 1. The van der Waals surface area contributed by atoms with Crippen LogP contribution in [0.15, 0.2) is 12.1 Å². The lowest BCUT2D eigenvalue weighted by Gasteiger charge is -2.32. The standard InChI is InChI=1S/C10H11FN2O/c1-6-8(12)3-2-7(11)10(6)13-5-4-9(13)14/h2-3H,4-5,12H2,1H3. The highest BCUT2D eigenvalue weighted by Crippen LogP contribution is 2.31. The van der Waals surface area contributed by atoms with Crippen LogP contribution in [0.1, 0.15) is 12.0 Å². The second-order valence-corrected chi connectivity index (χ2v) is 3.41. The van der Waals surface area contributed by atoms with E-state index < -0.39 is 0 Å². The van der Waals surface area contributed by atoms with Crippen molar-refractivity contribution >= 4 is 17.3 Å². The van der Waals surface area contributed by atoms with Gasteiger partial charge in [0, 0.05) is 18.7 Å². The lowest BCUT2D eigenvalue weighted by atomic mass is 10.1. The Labute approximate surface area is 81.3 Å². The maximum Gasteiger partial charge on any atom is 0.228 e. The highest BCUT2D eigenvalue weighted by atomic mass is 19.1. The minimum absolute atomic E-state index is 0.0439. The molecule has 14 heavy (non-hydrogen) atoms. The van der Waals surface area contributed by atoms with Gasteiger partial charge in [-0.3, -0.25) is 4.79 Å². The van der Waals surface area contributed by atoms with Crippen LogP contribution in [-0.2, 0) is 4.79 Å². The molecule has 74 valence electrons. The van der Waals surface area contributed by atoms with Gasteiger partial charge in [0.15, 0.2) is 0 Å². The Balaban J connectivity index is 2.50. The summed E-state index contributed by atoms with van der Waals surface area (Å²) in [7, 11) is 0. The van der Waals surface area contributed by atoms with Crippen molar-refractivity contribution < 1.29 is 9.18 Å². The smallest absolute Gasteiger partial charge is 0.228 e. The monoisotopic (exact) mass is 194 g/mol. The fourth-order valence-corrected chi connectivity index (χ4v) is 1.57. The summed E-state index contributed by atoms with van der Waals surface area (Å²) in [5.74, 6) is -0.428. The largest absolute Gasteiger partial charge is 0.398 e. The molecule has 1 aliphatic heterocycles. The average molecular weight is 194 g/mol. The van der Waals surface area contributed by atoms with E-state index >= 15 is 0 Å². The Morgan fingerprint density at radius 3 is 2.71 bits per heavy atom. The summed E-state index contributed by atoms with van der Waals surface area (Å²) in [6, 6.07) is 2.81. The molecule has 0 unspecified atom stereocenters. The molecule has 1 heterocycles. The van der Waals surface area contributed by atoms with E-state index in [-0.39, 0.29) is 11.7 Å². The molecule has 1 amide bonds. The van der Waals surface area contributed by atoms with Crippen molar-refractivity contribution in [2.45, 2.75) is 13.3 Å². The van der Waals surface area contributed by atoms with Crippen LogP contribution < -0.4 is 10.6 Å². The van der Waals surface area contributed by atoms with Crippen molar-refractivity contribution in [3.63, 3.8) is 0 Å². The molecule has 0 aliphatic carbocycles. The summed E-state index contributed by atoms with van der Waals surface area (Å²) < 4.78 is 13.4. The molecule has 0 spiro atoms. The number of anilines is 2. The van der Waals surface area contributed by atoms with Crippen LogP contribution in [0.3, 0.4) is 0 Å². The SMILES string of the molecule is Cc1c(N)ccc(F)c1N1CCC1=O. The molecule has 1 fully saturated rings. The molecular weight excluding hydrogens is 183 g/mol. The second-order valence-electron chi connectivity index (χ2n) is 3.41. The van der Waals surface area contributed by atoms with Crippen LogP contribution in [-0.4, -0.2) is 12.5 Å². The first-order valence-electron chi connectivity index (χ1n) is 4.46. The lowest BCUT2D eigenvalue weighted by Crippen LogP contribution is -2.44. The molecule has 2 rings (SSSR count). The molecule has 0 saturated carbocycles.